The van der Waals surface area contributed by atoms with Crippen molar-refractivity contribution >= 4 is 17.6 Å². The van der Waals surface area contributed by atoms with Gasteiger partial charge in [-0.3, -0.25) is 9.59 Å². The predicted octanol–water partition coefficient (Wildman–Crippen LogP) is 4.22. The van der Waals surface area contributed by atoms with Crippen molar-refractivity contribution in [2.75, 3.05) is 12.1 Å². The summed E-state index contributed by atoms with van der Waals surface area (Å²) >= 11 is 0. The molecule has 0 saturated heterocycles. The van der Waals surface area contributed by atoms with Crippen molar-refractivity contribution in [1.82, 2.24) is 0 Å². The van der Waals surface area contributed by atoms with Gasteiger partial charge < -0.3 is 24.3 Å². The van der Waals surface area contributed by atoms with Crippen LogP contribution in [0, 0.1) is 0 Å². The molecule has 7 nitrogen and oxygen atoms in total. The van der Waals surface area contributed by atoms with Crippen LogP contribution in [0.1, 0.15) is 24.0 Å². The molecule has 0 fully saturated rings. The lowest BCUT2D eigenvalue weighted by Crippen LogP contribution is -2.32. The SMILES string of the molecule is C[C@H](OC(=O)C1c2ccccc2Oc2ccccc21)C(=O)Nc1ccc2c(c1)OCO2. The molecule has 1 amide bonds. The number of anilines is 1. The van der Waals surface area contributed by atoms with Crippen LogP contribution in [0.25, 0.3) is 0 Å². The highest BCUT2D eigenvalue weighted by atomic mass is 16.7. The van der Waals surface area contributed by atoms with Crippen LogP contribution in [0.5, 0.6) is 23.0 Å². The molecule has 1 N–H and O–H groups in total. The number of benzene rings is 3. The lowest BCUT2D eigenvalue weighted by molar-refractivity contribution is -0.153. The van der Waals surface area contributed by atoms with Crippen molar-refractivity contribution in [1.29, 1.82) is 0 Å². The maximum absolute atomic E-state index is 13.1. The summed E-state index contributed by atoms with van der Waals surface area (Å²) < 4.78 is 22.1. The predicted molar refractivity (Wildman–Crippen MR) is 112 cm³/mol. The van der Waals surface area contributed by atoms with Gasteiger partial charge in [0, 0.05) is 22.9 Å². The molecule has 2 heterocycles. The summed E-state index contributed by atoms with van der Waals surface area (Å²) in [6.07, 6.45) is -1.000. The van der Waals surface area contributed by atoms with Crippen LogP contribution in [0.15, 0.2) is 66.7 Å². The molecular formula is C24H19NO6. The summed E-state index contributed by atoms with van der Waals surface area (Å²) in [4.78, 5) is 25.8. The monoisotopic (exact) mass is 417 g/mol. The number of fused-ring (bicyclic) bond motifs is 3. The fraction of sp³-hybridized carbons (Fsp3) is 0.167. The van der Waals surface area contributed by atoms with Crippen molar-refractivity contribution in [2.45, 2.75) is 18.9 Å². The zero-order valence-corrected chi connectivity index (χ0v) is 16.7. The molecule has 0 unspecified atom stereocenters. The van der Waals surface area contributed by atoms with E-state index < -0.39 is 23.9 Å². The molecule has 2 aliphatic rings. The summed E-state index contributed by atoms with van der Waals surface area (Å²) in [5.74, 6) is 0.729. The van der Waals surface area contributed by atoms with Gasteiger partial charge in [-0.15, -0.1) is 0 Å². The molecule has 0 aliphatic carbocycles. The number of carbonyl (C=O) groups excluding carboxylic acids is 2. The van der Waals surface area contributed by atoms with E-state index in [-0.39, 0.29) is 6.79 Å². The second-order valence-corrected chi connectivity index (χ2v) is 7.25. The van der Waals surface area contributed by atoms with Gasteiger partial charge in [-0.2, -0.15) is 0 Å². The Morgan fingerprint density at radius 3 is 2.26 bits per heavy atom. The van der Waals surface area contributed by atoms with E-state index in [0.29, 0.717) is 39.8 Å². The number of esters is 1. The van der Waals surface area contributed by atoms with Gasteiger partial charge in [0.05, 0.1) is 0 Å². The highest BCUT2D eigenvalue weighted by molar-refractivity contribution is 5.96. The molecule has 31 heavy (non-hydrogen) atoms. The number of rotatable bonds is 4. The van der Waals surface area contributed by atoms with Crippen molar-refractivity contribution < 1.29 is 28.5 Å². The fourth-order valence-electron chi connectivity index (χ4n) is 3.68. The van der Waals surface area contributed by atoms with E-state index >= 15 is 0 Å². The van der Waals surface area contributed by atoms with Crippen LogP contribution < -0.4 is 19.5 Å². The Kier molecular flexibility index (Phi) is 4.71. The number of hydrogen-bond acceptors (Lipinski definition) is 6. The number of carbonyl (C=O) groups is 2. The minimum Gasteiger partial charge on any atom is -0.457 e. The van der Waals surface area contributed by atoms with Crippen molar-refractivity contribution in [3.63, 3.8) is 0 Å². The number of nitrogens with one attached hydrogen (secondary N) is 1. The maximum Gasteiger partial charge on any atom is 0.318 e. The van der Waals surface area contributed by atoms with E-state index in [1.165, 1.54) is 6.92 Å². The van der Waals surface area contributed by atoms with Crippen LogP contribution in [0.4, 0.5) is 5.69 Å². The Morgan fingerprint density at radius 1 is 0.903 bits per heavy atom. The summed E-state index contributed by atoms with van der Waals surface area (Å²) in [6.45, 7) is 1.69. The van der Waals surface area contributed by atoms with Crippen molar-refractivity contribution in [2.24, 2.45) is 0 Å². The van der Waals surface area contributed by atoms with E-state index in [1.807, 2.05) is 36.4 Å². The van der Waals surface area contributed by atoms with Gasteiger partial charge in [0.25, 0.3) is 5.91 Å². The topological polar surface area (TPSA) is 83.1 Å². The Hall–Kier alpha value is -4.00. The van der Waals surface area contributed by atoms with Crippen LogP contribution in [-0.4, -0.2) is 24.8 Å². The van der Waals surface area contributed by atoms with Gasteiger partial charge in [0.2, 0.25) is 6.79 Å². The van der Waals surface area contributed by atoms with Crippen LogP contribution in [0.2, 0.25) is 0 Å². The number of ether oxygens (including phenoxy) is 4. The van der Waals surface area contributed by atoms with E-state index in [9.17, 15) is 9.59 Å². The van der Waals surface area contributed by atoms with E-state index in [4.69, 9.17) is 18.9 Å². The summed E-state index contributed by atoms with van der Waals surface area (Å²) in [6, 6.07) is 19.7. The highest BCUT2D eigenvalue weighted by Gasteiger charge is 2.35. The molecule has 3 aromatic carbocycles. The highest BCUT2D eigenvalue weighted by Crippen LogP contribution is 2.44. The normalized spacial score (nSPS) is 14.6. The van der Waals surface area contributed by atoms with Gasteiger partial charge in [0.1, 0.15) is 17.4 Å². The van der Waals surface area contributed by atoms with Gasteiger partial charge in [-0.1, -0.05) is 36.4 Å². The molecule has 0 saturated carbocycles. The summed E-state index contributed by atoms with van der Waals surface area (Å²) in [5.41, 5.74) is 1.93. The molecule has 0 radical (unpaired) electrons. The first-order valence-electron chi connectivity index (χ1n) is 9.87. The largest absolute Gasteiger partial charge is 0.457 e. The van der Waals surface area contributed by atoms with Gasteiger partial charge in [-0.05, 0) is 31.2 Å². The van der Waals surface area contributed by atoms with Crippen LogP contribution in [-0.2, 0) is 14.3 Å². The maximum atomic E-state index is 13.1. The first-order valence-corrected chi connectivity index (χ1v) is 9.87. The Labute approximate surface area is 178 Å². The first-order chi connectivity index (χ1) is 15.1. The third-order valence-electron chi connectivity index (χ3n) is 5.22. The fourth-order valence-corrected chi connectivity index (χ4v) is 3.68. The molecule has 3 aromatic rings. The average molecular weight is 417 g/mol. The molecule has 0 aromatic heterocycles. The van der Waals surface area contributed by atoms with Crippen LogP contribution in [0.3, 0.4) is 0 Å². The third-order valence-corrected chi connectivity index (χ3v) is 5.22. The molecular weight excluding hydrogens is 398 g/mol. The first kappa shape index (κ1) is 19.0. The minimum absolute atomic E-state index is 0.148. The van der Waals surface area contributed by atoms with Crippen LogP contribution >= 0.6 is 0 Å². The molecule has 156 valence electrons. The average Bonchev–Trinajstić information content (AvgIpc) is 3.25. The Balaban J connectivity index is 1.33. The summed E-state index contributed by atoms with van der Waals surface area (Å²) in [7, 11) is 0. The van der Waals surface area contributed by atoms with Gasteiger partial charge >= 0.3 is 5.97 Å². The molecule has 0 bridgehead atoms. The van der Waals surface area contributed by atoms with Crippen molar-refractivity contribution in [3.8, 4) is 23.0 Å². The lowest BCUT2D eigenvalue weighted by atomic mass is 9.88. The lowest BCUT2D eigenvalue weighted by Gasteiger charge is -2.27. The van der Waals surface area contributed by atoms with E-state index in [1.54, 1.807) is 30.3 Å². The second kappa shape index (κ2) is 7.68. The molecule has 2 aliphatic heterocycles. The minimum atomic E-state index is -1.000. The molecule has 5 rings (SSSR count). The Bertz CT molecular complexity index is 1130. The van der Waals surface area contributed by atoms with E-state index in [0.717, 1.165) is 0 Å². The zero-order chi connectivity index (χ0) is 21.4. The number of amides is 1. The standard InChI is InChI=1S/C24H19NO6/c1-14(23(26)25-15-10-11-20-21(12-15)29-13-28-20)30-24(27)22-16-6-2-4-8-18(16)31-19-9-5-3-7-17(19)22/h2-12,14,22H,13H2,1H3,(H,25,26)/t14-/m0/s1. The number of hydrogen-bond donors (Lipinski definition) is 1. The smallest absolute Gasteiger partial charge is 0.318 e. The zero-order valence-electron chi connectivity index (χ0n) is 16.7. The number of para-hydroxylation sites is 2. The summed E-state index contributed by atoms with van der Waals surface area (Å²) in [5, 5.41) is 2.74. The quantitative estimate of drug-likeness (QED) is 0.640. The van der Waals surface area contributed by atoms with Gasteiger partial charge in [0.15, 0.2) is 17.6 Å². The van der Waals surface area contributed by atoms with Crippen molar-refractivity contribution in [3.05, 3.63) is 77.9 Å². The second-order valence-electron chi connectivity index (χ2n) is 7.25. The van der Waals surface area contributed by atoms with E-state index in [2.05, 4.69) is 5.32 Å². The molecule has 0 spiro atoms. The Morgan fingerprint density at radius 2 is 1.55 bits per heavy atom. The third kappa shape index (κ3) is 3.54. The molecule has 1 atom stereocenters. The molecule has 7 heteroatoms. The van der Waals surface area contributed by atoms with Gasteiger partial charge in [-0.25, -0.2) is 0 Å².